The Hall–Kier alpha value is -2.78. The molecule has 9 heteroatoms. The number of nitrogens with two attached hydrogens (primary N) is 1. The van der Waals surface area contributed by atoms with Gasteiger partial charge in [0, 0.05) is 10.9 Å². The molecule has 25 heavy (non-hydrogen) atoms. The number of nitrogens with one attached hydrogen (secondary N) is 1. The monoisotopic (exact) mass is 374 g/mol. The molecule has 2 aromatic heterocycles. The van der Waals surface area contributed by atoms with Crippen molar-refractivity contribution in [3.8, 4) is 5.75 Å². The normalized spacial score (nSPS) is 10.4. The first-order valence-corrected chi connectivity index (χ1v) is 8.92. The summed E-state index contributed by atoms with van der Waals surface area (Å²) in [5, 5.41) is 5.85. The van der Waals surface area contributed by atoms with Crippen LogP contribution in [-0.4, -0.2) is 21.8 Å². The van der Waals surface area contributed by atoms with Crippen molar-refractivity contribution >= 4 is 39.6 Å². The Bertz CT molecular complexity index is 920. The molecule has 0 fully saturated rings. The van der Waals surface area contributed by atoms with Gasteiger partial charge in [-0.15, -0.1) is 11.3 Å². The summed E-state index contributed by atoms with van der Waals surface area (Å²) in [6.45, 7) is 2.27. The lowest BCUT2D eigenvalue weighted by atomic mass is 10.2. The fourth-order valence-electron chi connectivity index (χ4n) is 1.97. The molecule has 7 nitrogen and oxygen atoms in total. The van der Waals surface area contributed by atoms with Crippen LogP contribution in [0.1, 0.15) is 30.7 Å². The zero-order valence-corrected chi connectivity index (χ0v) is 14.8. The Morgan fingerprint density at radius 3 is 2.88 bits per heavy atom. The van der Waals surface area contributed by atoms with Gasteiger partial charge in [-0.05, 0) is 25.1 Å². The molecule has 0 atom stereocenters. The number of rotatable bonds is 6. The number of anilines is 1. The molecule has 128 valence electrons. The van der Waals surface area contributed by atoms with Crippen molar-refractivity contribution in [3.63, 3.8) is 0 Å². The highest BCUT2D eigenvalue weighted by Crippen LogP contribution is 2.20. The van der Waals surface area contributed by atoms with E-state index in [2.05, 4.69) is 15.3 Å². The predicted octanol–water partition coefficient (Wildman–Crippen LogP) is 2.84. The number of carbonyl (C=O) groups is 2. The van der Waals surface area contributed by atoms with Crippen molar-refractivity contribution in [3.05, 3.63) is 57.0 Å². The molecule has 1 aromatic carbocycles. The summed E-state index contributed by atoms with van der Waals surface area (Å²) in [5.74, 6) is -0.360. The van der Waals surface area contributed by atoms with Crippen molar-refractivity contribution in [1.29, 1.82) is 0 Å². The van der Waals surface area contributed by atoms with Crippen LogP contribution in [0, 0.1) is 6.92 Å². The van der Waals surface area contributed by atoms with E-state index in [9.17, 15) is 9.59 Å². The van der Waals surface area contributed by atoms with Crippen molar-refractivity contribution in [2.24, 2.45) is 5.73 Å². The number of aromatic nitrogens is 2. The van der Waals surface area contributed by atoms with Gasteiger partial charge in [-0.2, -0.15) is 0 Å². The minimum atomic E-state index is -0.578. The summed E-state index contributed by atoms with van der Waals surface area (Å²) in [4.78, 5) is 31.9. The molecule has 0 aliphatic carbocycles. The van der Waals surface area contributed by atoms with Crippen LogP contribution in [0.2, 0.25) is 0 Å². The number of benzene rings is 1. The Morgan fingerprint density at radius 2 is 2.20 bits per heavy atom. The van der Waals surface area contributed by atoms with E-state index in [0.717, 1.165) is 22.0 Å². The lowest BCUT2D eigenvalue weighted by Crippen LogP contribution is -2.11. The average Bonchev–Trinajstić information content (AvgIpc) is 3.22. The second-order valence-electron chi connectivity index (χ2n) is 5.02. The molecule has 0 unspecified atom stereocenters. The molecule has 0 bridgehead atoms. The summed E-state index contributed by atoms with van der Waals surface area (Å²) in [6.07, 6.45) is 1.33. The van der Waals surface area contributed by atoms with Crippen LogP contribution in [0.4, 0.5) is 5.13 Å². The maximum absolute atomic E-state index is 12.3. The highest BCUT2D eigenvalue weighted by Gasteiger charge is 2.12. The minimum absolute atomic E-state index is 0.283. The van der Waals surface area contributed by atoms with E-state index in [4.69, 9.17) is 10.5 Å². The van der Waals surface area contributed by atoms with Gasteiger partial charge >= 0.3 is 0 Å². The largest absolute Gasteiger partial charge is 0.487 e. The second kappa shape index (κ2) is 7.41. The van der Waals surface area contributed by atoms with Gasteiger partial charge in [0.1, 0.15) is 17.2 Å². The first-order valence-electron chi connectivity index (χ1n) is 7.22. The van der Waals surface area contributed by atoms with E-state index in [1.807, 2.05) is 12.3 Å². The van der Waals surface area contributed by atoms with Gasteiger partial charge < -0.3 is 10.5 Å². The number of carbonyl (C=O) groups excluding carboxylic acids is 2. The Morgan fingerprint density at radius 1 is 1.36 bits per heavy atom. The number of nitrogens with zero attached hydrogens (tertiary/aromatic N) is 2. The fourth-order valence-corrected chi connectivity index (χ4v) is 3.23. The molecule has 0 saturated heterocycles. The van der Waals surface area contributed by atoms with Crippen LogP contribution in [-0.2, 0) is 6.61 Å². The summed E-state index contributed by atoms with van der Waals surface area (Å²) >= 11 is 2.58. The molecule has 0 saturated carbocycles. The average molecular weight is 374 g/mol. The van der Waals surface area contributed by atoms with Gasteiger partial charge in [0.2, 0.25) is 0 Å². The molecule has 0 spiro atoms. The molecule has 3 aromatic rings. The number of aryl methyl sites for hydroxylation is 1. The Labute approximate surface area is 151 Å². The first-order chi connectivity index (χ1) is 12.0. The quantitative estimate of drug-likeness (QED) is 0.690. The number of hydrogen-bond donors (Lipinski definition) is 2. The first kappa shape index (κ1) is 17.1. The van der Waals surface area contributed by atoms with E-state index in [0.29, 0.717) is 23.1 Å². The van der Waals surface area contributed by atoms with Crippen LogP contribution in [0.15, 0.2) is 35.8 Å². The highest BCUT2D eigenvalue weighted by atomic mass is 32.1. The third-order valence-corrected chi connectivity index (χ3v) is 4.87. The third kappa shape index (κ3) is 4.40. The molecule has 2 amide bonds. The van der Waals surface area contributed by atoms with E-state index in [1.165, 1.54) is 6.20 Å². The minimum Gasteiger partial charge on any atom is -0.487 e. The summed E-state index contributed by atoms with van der Waals surface area (Å²) in [6, 6.07) is 6.80. The number of hydrogen-bond acceptors (Lipinski definition) is 7. The highest BCUT2D eigenvalue weighted by molar-refractivity contribution is 7.17. The van der Waals surface area contributed by atoms with Crippen LogP contribution < -0.4 is 15.8 Å². The maximum atomic E-state index is 12.3. The van der Waals surface area contributed by atoms with Crippen LogP contribution in [0.25, 0.3) is 0 Å². The zero-order valence-electron chi connectivity index (χ0n) is 13.2. The van der Waals surface area contributed by atoms with E-state index in [1.54, 1.807) is 35.6 Å². The Balaban J connectivity index is 1.65. The maximum Gasteiger partial charge on any atom is 0.260 e. The molecule has 3 rings (SSSR count). The third-order valence-electron chi connectivity index (χ3n) is 3.12. The predicted molar refractivity (Wildman–Crippen MR) is 96.2 cm³/mol. The van der Waals surface area contributed by atoms with Crippen LogP contribution >= 0.6 is 22.7 Å². The summed E-state index contributed by atoms with van der Waals surface area (Å²) in [5.41, 5.74) is 6.44. The summed E-state index contributed by atoms with van der Waals surface area (Å²) in [7, 11) is 0. The molecule has 3 N–H and O–H groups in total. The molecule has 2 heterocycles. The second-order valence-corrected chi connectivity index (χ2v) is 7.12. The van der Waals surface area contributed by atoms with E-state index >= 15 is 0 Å². The van der Waals surface area contributed by atoms with Crippen LogP contribution in [0.3, 0.4) is 0 Å². The van der Waals surface area contributed by atoms with Gasteiger partial charge in [0.05, 0.1) is 16.9 Å². The lowest BCUT2D eigenvalue weighted by molar-refractivity contribution is 0.100. The number of ether oxygens (including phenoxy) is 1. The molecule has 0 radical (unpaired) electrons. The van der Waals surface area contributed by atoms with Gasteiger partial charge in [-0.25, -0.2) is 9.97 Å². The van der Waals surface area contributed by atoms with Crippen molar-refractivity contribution in [2.75, 3.05) is 5.32 Å². The van der Waals surface area contributed by atoms with Gasteiger partial charge in [-0.1, -0.05) is 17.4 Å². The van der Waals surface area contributed by atoms with E-state index < -0.39 is 5.91 Å². The van der Waals surface area contributed by atoms with Gasteiger partial charge in [-0.3, -0.25) is 14.9 Å². The van der Waals surface area contributed by atoms with Gasteiger partial charge in [0.15, 0.2) is 5.13 Å². The van der Waals surface area contributed by atoms with Gasteiger partial charge in [0.25, 0.3) is 11.8 Å². The Kier molecular flexibility index (Phi) is 5.05. The van der Waals surface area contributed by atoms with Crippen LogP contribution in [0.5, 0.6) is 5.75 Å². The fraction of sp³-hybridized carbons (Fsp3) is 0.125. The number of amides is 2. The molecule has 0 aliphatic rings. The SMILES string of the molecule is Cc1nc(COc2cccc(C(=O)Nc3ncc(C(N)=O)s3)c2)cs1. The topological polar surface area (TPSA) is 107 Å². The number of primary amides is 1. The van der Waals surface area contributed by atoms with Crippen molar-refractivity contribution < 1.29 is 14.3 Å². The molecule has 0 aliphatic heterocycles. The van der Waals surface area contributed by atoms with E-state index in [-0.39, 0.29) is 10.8 Å². The molecular weight excluding hydrogens is 360 g/mol. The zero-order chi connectivity index (χ0) is 17.8. The number of thiazole rings is 2. The van der Waals surface area contributed by atoms with Crippen molar-refractivity contribution in [2.45, 2.75) is 13.5 Å². The lowest BCUT2D eigenvalue weighted by Gasteiger charge is -2.06. The standard InChI is InChI=1S/C16H14N4O3S2/c1-9-19-11(8-24-9)7-23-12-4-2-3-10(5-12)15(22)20-16-18-6-13(25-16)14(17)21/h2-6,8H,7H2,1H3,(H2,17,21)(H,18,20,22). The van der Waals surface area contributed by atoms with Crippen molar-refractivity contribution in [1.82, 2.24) is 9.97 Å². The smallest absolute Gasteiger partial charge is 0.260 e. The molecular formula is C16H14N4O3S2. The summed E-state index contributed by atoms with van der Waals surface area (Å²) < 4.78 is 5.67.